The monoisotopic (exact) mass is 1160 g/mol. The maximum Gasteiger partial charge on any atom is 0.262 e. The summed E-state index contributed by atoms with van der Waals surface area (Å²) < 4.78 is 22.8. The molecule has 19 heteroatoms. The van der Waals surface area contributed by atoms with E-state index in [-0.39, 0.29) is 71.9 Å². The third-order valence-electron chi connectivity index (χ3n) is 13.9. The molecule has 0 saturated carbocycles. The van der Waals surface area contributed by atoms with Crippen molar-refractivity contribution in [1.29, 1.82) is 0 Å². The molecule has 4 bridgehead atoms. The van der Waals surface area contributed by atoms with E-state index >= 15 is 0 Å². The molecule has 0 aromatic heterocycles. The van der Waals surface area contributed by atoms with Crippen molar-refractivity contribution in [1.82, 2.24) is 19.6 Å². The Hall–Kier alpha value is -5.35. The quantitative estimate of drug-likeness (QED) is 0.0739. The first-order chi connectivity index (χ1) is 38.3. The molecule has 79 heavy (non-hydrogen) atoms. The molecule has 6 fully saturated rings. The lowest BCUT2D eigenvalue weighted by Crippen LogP contribution is -2.73. The highest BCUT2D eigenvalue weighted by Gasteiger charge is 2.67. The number of aliphatic hydroxyl groups excluding tert-OH is 2. The molecule has 2 N–H and O–H groups in total. The van der Waals surface area contributed by atoms with E-state index < -0.39 is 20.0 Å². The second-order valence-corrected chi connectivity index (χ2v) is 25.2. The number of thioether (sulfide) groups is 4. The number of carbonyl (C=O) groups excluding carboxylic acids is 4. The Balaban J connectivity index is 0.000000181. The van der Waals surface area contributed by atoms with E-state index in [1.807, 2.05) is 170 Å². The number of nitrogens with zero attached hydrogens (tertiary/aromatic N) is 4. The topological polar surface area (TPSA) is 159 Å². The van der Waals surface area contributed by atoms with Crippen LogP contribution in [0.4, 0.5) is 0 Å². The minimum Gasteiger partial charge on any atom is -0.392 e. The van der Waals surface area contributed by atoms with Gasteiger partial charge in [-0.25, -0.2) is 0 Å². The molecule has 0 aliphatic carbocycles. The molecule has 6 heterocycles. The number of alkyl halides is 1. The predicted molar refractivity (Wildman–Crippen MR) is 314 cm³/mol. The van der Waals surface area contributed by atoms with Gasteiger partial charge in [-0.05, 0) is 44.5 Å². The molecule has 416 valence electrons. The van der Waals surface area contributed by atoms with Crippen molar-refractivity contribution in [3.8, 4) is 0 Å². The number of amides is 4. The summed E-state index contributed by atoms with van der Waals surface area (Å²) in [6, 6.07) is 54.8. The van der Waals surface area contributed by atoms with Gasteiger partial charge in [0.1, 0.15) is 6.07 Å². The molecule has 6 saturated heterocycles. The minimum atomic E-state index is -1.24. The second kappa shape index (κ2) is 27.9. The van der Waals surface area contributed by atoms with Gasteiger partial charge in [-0.2, -0.15) is 0 Å². The lowest BCUT2D eigenvalue weighted by atomic mass is 10.1. The highest BCUT2D eigenvalue weighted by molar-refractivity contribution is 8.19. The van der Waals surface area contributed by atoms with Crippen LogP contribution in [0.3, 0.4) is 0 Å². The van der Waals surface area contributed by atoms with Crippen molar-refractivity contribution in [2.24, 2.45) is 0 Å². The number of hydrogen-bond acceptors (Lipinski definition) is 14. The molecule has 12 rings (SSSR count). The third-order valence-corrected chi connectivity index (χ3v) is 20.9. The molecule has 4 amide bonds. The van der Waals surface area contributed by atoms with Gasteiger partial charge in [0.2, 0.25) is 0 Å². The van der Waals surface area contributed by atoms with Crippen LogP contribution in [0.25, 0.3) is 0 Å². The average molecular weight is 1170 g/mol. The van der Waals surface area contributed by atoms with Gasteiger partial charge in [0, 0.05) is 28.2 Å². The molecule has 6 aromatic rings. The zero-order valence-electron chi connectivity index (χ0n) is 44.4. The van der Waals surface area contributed by atoms with Crippen LogP contribution < -0.4 is 0 Å². The van der Waals surface area contributed by atoms with Gasteiger partial charge >= 0.3 is 0 Å². The Morgan fingerprint density at radius 2 is 0.759 bits per heavy atom. The fourth-order valence-electron chi connectivity index (χ4n) is 9.21. The van der Waals surface area contributed by atoms with Gasteiger partial charge in [0.15, 0.2) is 20.0 Å². The van der Waals surface area contributed by atoms with Crippen LogP contribution in [0, 0.1) is 0 Å². The second-order valence-electron chi connectivity index (χ2n) is 19.1. The van der Waals surface area contributed by atoms with E-state index in [0.29, 0.717) is 26.4 Å². The molecular formula is C60H65ClN4O10S4. The van der Waals surface area contributed by atoms with Crippen LogP contribution in [-0.4, -0.2) is 128 Å². The first-order valence-corrected chi connectivity index (χ1v) is 29.6. The molecule has 0 spiro atoms. The van der Waals surface area contributed by atoms with E-state index in [1.165, 1.54) is 47.0 Å². The standard InChI is InChI=1S/C30H32N2O5S2.C22H24N2O4S2.C8H9ClO/c1-31-27(34)30(21-37-19-24-11-7-4-8-12-24)32(2)28(35)29(31,20-36-18-23-9-5-3-6-10-23)38-26(39-30)25-15-13-22(17-33)14-16-25;1-23-19-18(26)24(2)22(21(23)27,14-28-13-16-6-4-3-5-7-16)30-20(29-19)17-10-8-15(12-25)9-11-17;9-7-10-6-8-4-2-1-3-5-8/h3-16,26,33H,17-21H2,1-2H3;3-11,19-20,25H,12-14H2,1-2H3;1-5H,6-7H2/t29-,30-;19?,20?,22-;/m00./s1. The Labute approximate surface area is 484 Å². The molecule has 6 aliphatic rings. The number of halogens is 1. The van der Waals surface area contributed by atoms with Crippen molar-refractivity contribution < 1.29 is 48.3 Å². The summed E-state index contributed by atoms with van der Waals surface area (Å²) in [4.78, 5) is 57.4. The van der Waals surface area contributed by atoms with Crippen LogP contribution >= 0.6 is 58.6 Å². The van der Waals surface area contributed by atoms with E-state index in [0.717, 1.165) is 44.5 Å². The van der Waals surface area contributed by atoms with E-state index in [4.69, 9.17) is 30.5 Å². The zero-order chi connectivity index (χ0) is 56.0. The Morgan fingerprint density at radius 1 is 0.430 bits per heavy atom. The lowest BCUT2D eigenvalue weighted by molar-refractivity contribution is -0.169. The van der Waals surface area contributed by atoms with Gasteiger partial charge in [-0.15, -0.1) is 47.0 Å². The zero-order valence-corrected chi connectivity index (χ0v) is 48.5. The highest BCUT2D eigenvalue weighted by Crippen LogP contribution is 2.61. The fraction of sp³-hybridized carbons (Fsp3) is 0.333. The molecule has 6 aromatic carbocycles. The molecular weight excluding hydrogens is 1100 g/mol. The molecule has 14 nitrogen and oxygen atoms in total. The molecule has 2 unspecified atom stereocenters. The first kappa shape index (κ1) is 59.8. The Kier molecular flexibility index (Phi) is 21.1. The largest absolute Gasteiger partial charge is 0.392 e. The minimum absolute atomic E-state index is 0.0203. The van der Waals surface area contributed by atoms with Crippen molar-refractivity contribution in [2.75, 3.05) is 54.1 Å². The van der Waals surface area contributed by atoms with Crippen molar-refractivity contribution in [2.45, 2.75) is 68.8 Å². The summed E-state index contributed by atoms with van der Waals surface area (Å²) in [6.45, 7) is 1.76. The van der Waals surface area contributed by atoms with Crippen LogP contribution in [0.5, 0.6) is 0 Å². The number of carbonyl (C=O) groups is 4. The Bertz CT molecular complexity index is 2870. The number of ether oxygens (including phenoxy) is 4. The maximum absolute atomic E-state index is 14.2. The van der Waals surface area contributed by atoms with E-state index in [1.54, 1.807) is 47.8 Å². The van der Waals surface area contributed by atoms with Crippen LogP contribution in [0.15, 0.2) is 170 Å². The summed E-state index contributed by atoms with van der Waals surface area (Å²) in [7, 11) is 6.76. The van der Waals surface area contributed by atoms with Crippen molar-refractivity contribution >= 4 is 82.3 Å². The smallest absolute Gasteiger partial charge is 0.262 e. The average Bonchev–Trinajstić information content (AvgIpc) is 4.02. The third kappa shape index (κ3) is 13.7. The summed E-state index contributed by atoms with van der Waals surface area (Å²) in [5.41, 5.74) is 7.74. The van der Waals surface area contributed by atoms with E-state index in [9.17, 15) is 29.4 Å². The Morgan fingerprint density at radius 3 is 1.11 bits per heavy atom. The van der Waals surface area contributed by atoms with Gasteiger partial charge in [0.05, 0.1) is 68.6 Å². The van der Waals surface area contributed by atoms with Crippen LogP contribution in [-0.2, 0) is 77.8 Å². The normalized spacial score (nSPS) is 23.4. The summed E-state index contributed by atoms with van der Waals surface area (Å²) in [6.07, 6.45) is 0. The van der Waals surface area contributed by atoms with Crippen LogP contribution in [0.2, 0.25) is 0 Å². The first-order valence-electron chi connectivity index (χ1n) is 25.5. The van der Waals surface area contributed by atoms with Crippen molar-refractivity contribution in [3.05, 3.63) is 214 Å². The van der Waals surface area contributed by atoms with Crippen molar-refractivity contribution in [3.63, 3.8) is 0 Å². The number of fused-ring (bicyclic) bond motifs is 8. The van der Waals surface area contributed by atoms with E-state index in [2.05, 4.69) is 0 Å². The predicted octanol–water partition coefficient (Wildman–Crippen LogP) is 9.64. The highest BCUT2D eigenvalue weighted by atomic mass is 35.5. The van der Waals surface area contributed by atoms with Gasteiger partial charge in [-0.1, -0.05) is 181 Å². The van der Waals surface area contributed by atoms with Crippen LogP contribution in [0.1, 0.15) is 53.7 Å². The number of aliphatic hydroxyl groups is 2. The summed E-state index contributed by atoms with van der Waals surface area (Å²) >= 11 is 11.1. The molecule has 5 atom stereocenters. The summed E-state index contributed by atoms with van der Waals surface area (Å²) in [5.74, 6) is -0.581. The fourth-order valence-corrected chi connectivity index (χ4v) is 16.4. The lowest BCUT2D eigenvalue weighted by Gasteiger charge is -2.50. The number of rotatable bonds is 19. The number of hydrogen-bond donors (Lipinski definition) is 2. The number of benzene rings is 6. The number of likely N-dealkylation sites (N-methyl/N-ethyl adjacent to an activating group) is 4. The molecule has 0 radical (unpaired) electrons. The maximum atomic E-state index is 14.2. The molecule has 6 aliphatic heterocycles. The van der Waals surface area contributed by atoms with Gasteiger partial charge in [0.25, 0.3) is 23.6 Å². The SMILES string of the molecule is CN1C(=O)[C@]2(COCc3ccccc3)SC(c3ccc(CO)cc3)SC1C(=O)N2C.CN1C(=O)[C@]2(COCc3ccccc3)SC(c3ccc(CO)cc3)S[C@@]1(COCc1ccccc1)C(=O)N2C.ClCOCc1ccccc1. The van der Waals surface area contributed by atoms with Gasteiger partial charge < -0.3 is 48.8 Å². The van der Waals surface area contributed by atoms with Gasteiger partial charge in [-0.3, -0.25) is 19.2 Å². The summed E-state index contributed by atoms with van der Waals surface area (Å²) in [5, 5.41) is 18.3. The number of piperazine rings is 2.